The summed E-state index contributed by atoms with van der Waals surface area (Å²) in [6.45, 7) is 3.21. The van der Waals surface area contributed by atoms with E-state index in [4.69, 9.17) is 4.74 Å². The maximum atomic E-state index is 5.57. The average molecular weight is 176 g/mol. The lowest BCUT2D eigenvalue weighted by Gasteiger charge is -2.16. The highest BCUT2D eigenvalue weighted by molar-refractivity contribution is 5.40. The van der Waals surface area contributed by atoms with Crippen LogP contribution in [-0.2, 0) is 4.74 Å². The lowest BCUT2D eigenvalue weighted by atomic mass is 9.89. The molecule has 1 aliphatic heterocycles. The molecule has 2 unspecified atom stereocenters. The summed E-state index contributed by atoms with van der Waals surface area (Å²) < 4.78 is 5.57. The lowest BCUT2D eigenvalue weighted by molar-refractivity contribution is 0.256. The van der Waals surface area contributed by atoms with Crippen LogP contribution in [-0.4, -0.2) is 6.61 Å². The predicted octanol–water partition coefficient (Wildman–Crippen LogP) is 3.04. The molecule has 0 amide bonds. The smallest absolute Gasteiger partial charge is 0.118 e. The molecule has 1 nitrogen and oxygen atoms in total. The van der Waals surface area contributed by atoms with Gasteiger partial charge >= 0.3 is 0 Å². The van der Waals surface area contributed by atoms with Gasteiger partial charge in [-0.25, -0.2) is 0 Å². The van der Waals surface area contributed by atoms with E-state index in [9.17, 15) is 0 Å². The zero-order valence-corrected chi connectivity index (χ0v) is 8.18. The third kappa shape index (κ3) is 0.932. The molecule has 0 aromatic heterocycles. The molecule has 3 aliphatic rings. The van der Waals surface area contributed by atoms with Crippen molar-refractivity contribution in [1.82, 2.24) is 0 Å². The summed E-state index contributed by atoms with van der Waals surface area (Å²) in [5, 5.41) is 0. The van der Waals surface area contributed by atoms with E-state index < -0.39 is 0 Å². The summed E-state index contributed by atoms with van der Waals surface area (Å²) in [6.07, 6.45) is 9.89. The topological polar surface area (TPSA) is 9.23 Å². The number of fused-ring (bicyclic) bond motifs is 2. The first-order valence-electron chi connectivity index (χ1n) is 5.41. The molecule has 0 bridgehead atoms. The molecule has 0 saturated heterocycles. The Labute approximate surface area is 79.5 Å². The molecule has 0 aromatic carbocycles. The maximum absolute atomic E-state index is 5.57. The Morgan fingerprint density at radius 2 is 2.54 bits per heavy atom. The molecule has 70 valence electrons. The molecule has 0 spiro atoms. The predicted molar refractivity (Wildman–Crippen MR) is 52.2 cm³/mol. The van der Waals surface area contributed by atoms with E-state index in [2.05, 4.69) is 19.1 Å². The van der Waals surface area contributed by atoms with Gasteiger partial charge < -0.3 is 4.74 Å². The third-order valence-corrected chi connectivity index (χ3v) is 3.77. The molecule has 2 atom stereocenters. The van der Waals surface area contributed by atoms with E-state index in [1.165, 1.54) is 31.4 Å². The molecule has 1 heterocycles. The Hall–Kier alpha value is -0.720. The summed E-state index contributed by atoms with van der Waals surface area (Å²) in [6, 6.07) is 0. The Kier molecular flexibility index (Phi) is 1.42. The fourth-order valence-electron chi connectivity index (χ4n) is 3.03. The SMILES string of the molecule is CCCC12C=CC3=C(CCO3)C1C2. The quantitative estimate of drug-likeness (QED) is 0.628. The monoisotopic (exact) mass is 176 g/mol. The van der Waals surface area contributed by atoms with Crippen LogP contribution in [0.4, 0.5) is 0 Å². The highest BCUT2D eigenvalue weighted by Crippen LogP contribution is 2.64. The number of ether oxygens (including phenoxy) is 1. The van der Waals surface area contributed by atoms with Crippen molar-refractivity contribution in [2.24, 2.45) is 11.3 Å². The molecule has 2 aliphatic carbocycles. The van der Waals surface area contributed by atoms with Crippen LogP contribution < -0.4 is 0 Å². The summed E-state index contributed by atoms with van der Waals surface area (Å²) in [7, 11) is 0. The Morgan fingerprint density at radius 3 is 3.38 bits per heavy atom. The van der Waals surface area contributed by atoms with Crippen LogP contribution in [0.2, 0.25) is 0 Å². The number of rotatable bonds is 2. The van der Waals surface area contributed by atoms with Crippen molar-refractivity contribution in [2.75, 3.05) is 6.61 Å². The standard InChI is InChI=1S/C12H16O/c1-2-5-12-6-3-11-9(4-7-13-11)10(12)8-12/h3,6,10H,2,4-5,7-8H2,1H3. The summed E-state index contributed by atoms with van der Waals surface area (Å²) >= 11 is 0. The van der Waals surface area contributed by atoms with Gasteiger partial charge in [-0.3, -0.25) is 0 Å². The van der Waals surface area contributed by atoms with Gasteiger partial charge in [0.25, 0.3) is 0 Å². The molecule has 13 heavy (non-hydrogen) atoms. The minimum atomic E-state index is 0.571. The second-order valence-electron chi connectivity index (χ2n) is 4.56. The fraction of sp³-hybridized carbons (Fsp3) is 0.667. The number of hydrogen-bond donors (Lipinski definition) is 0. The first-order valence-corrected chi connectivity index (χ1v) is 5.41. The molecule has 1 fully saturated rings. The molecular formula is C12H16O. The Balaban J connectivity index is 1.88. The zero-order valence-electron chi connectivity index (χ0n) is 8.18. The second kappa shape index (κ2) is 2.40. The molecule has 0 N–H and O–H groups in total. The van der Waals surface area contributed by atoms with E-state index in [0.29, 0.717) is 5.41 Å². The van der Waals surface area contributed by atoms with Crippen LogP contribution >= 0.6 is 0 Å². The van der Waals surface area contributed by atoms with Crippen LogP contribution in [0.5, 0.6) is 0 Å². The van der Waals surface area contributed by atoms with Crippen molar-refractivity contribution in [3.63, 3.8) is 0 Å². The fourth-order valence-corrected chi connectivity index (χ4v) is 3.03. The van der Waals surface area contributed by atoms with Crippen molar-refractivity contribution < 1.29 is 4.74 Å². The number of hydrogen-bond acceptors (Lipinski definition) is 1. The van der Waals surface area contributed by atoms with Gasteiger partial charge in [0.05, 0.1) is 6.61 Å². The van der Waals surface area contributed by atoms with Crippen LogP contribution in [0, 0.1) is 11.3 Å². The average Bonchev–Trinajstić information content (AvgIpc) is 2.67. The summed E-state index contributed by atoms with van der Waals surface area (Å²) in [5.41, 5.74) is 2.19. The van der Waals surface area contributed by atoms with Gasteiger partial charge in [-0.2, -0.15) is 0 Å². The van der Waals surface area contributed by atoms with Crippen molar-refractivity contribution >= 4 is 0 Å². The van der Waals surface area contributed by atoms with Crippen LogP contribution in [0.25, 0.3) is 0 Å². The molecule has 0 aromatic rings. The lowest BCUT2D eigenvalue weighted by Crippen LogP contribution is -2.05. The minimum Gasteiger partial charge on any atom is -0.493 e. The van der Waals surface area contributed by atoms with Gasteiger partial charge in [0, 0.05) is 6.42 Å². The zero-order chi connectivity index (χ0) is 8.89. The molecular weight excluding hydrogens is 160 g/mol. The van der Waals surface area contributed by atoms with Crippen molar-refractivity contribution in [3.8, 4) is 0 Å². The highest BCUT2D eigenvalue weighted by atomic mass is 16.5. The van der Waals surface area contributed by atoms with Gasteiger partial charge in [-0.15, -0.1) is 0 Å². The van der Waals surface area contributed by atoms with Crippen molar-refractivity contribution in [1.29, 1.82) is 0 Å². The van der Waals surface area contributed by atoms with E-state index >= 15 is 0 Å². The first kappa shape index (κ1) is 7.66. The largest absolute Gasteiger partial charge is 0.493 e. The minimum absolute atomic E-state index is 0.571. The van der Waals surface area contributed by atoms with E-state index in [1.807, 2.05) is 0 Å². The van der Waals surface area contributed by atoms with Gasteiger partial charge in [0.15, 0.2) is 0 Å². The van der Waals surface area contributed by atoms with Gasteiger partial charge in [-0.1, -0.05) is 19.4 Å². The summed E-state index contributed by atoms with van der Waals surface area (Å²) in [5.74, 6) is 2.06. The Bertz CT molecular complexity index is 300. The van der Waals surface area contributed by atoms with Gasteiger partial charge in [0.1, 0.15) is 5.76 Å². The highest BCUT2D eigenvalue weighted by Gasteiger charge is 2.55. The third-order valence-electron chi connectivity index (χ3n) is 3.77. The molecule has 0 radical (unpaired) electrons. The van der Waals surface area contributed by atoms with E-state index in [0.717, 1.165) is 12.5 Å². The molecule has 1 saturated carbocycles. The van der Waals surface area contributed by atoms with Crippen molar-refractivity contribution in [3.05, 3.63) is 23.5 Å². The van der Waals surface area contributed by atoms with Gasteiger partial charge in [-0.05, 0) is 35.8 Å². The van der Waals surface area contributed by atoms with E-state index in [-0.39, 0.29) is 0 Å². The maximum Gasteiger partial charge on any atom is 0.118 e. The van der Waals surface area contributed by atoms with Crippen LogP contribution in [0.15, 0.2) is 23.5 Å². The summed E-state index contributed by atoms with van der Waals surface area (Å²) in [4.78, 5) is 0. The molecule has 1 heteroatoms. The number of allylic oxidation sites excluding steroid dienone is 2. The molecule has 3 rings (SSSR count). The van der Waals surface area contributed by atoms with Gasteiger partial charge in [0.2, 0.25) is 0 Å². The van der Waals surface area contributed by atoms with Crippen LogP contribution in [0.3, 0.4) is 0 Å². The first-order chi connectivity index (χ1) is 6.36. The normalized spacial score (nSPS) is 39.9. The second-order valence-corrected chi connectivity index (χ2v) is 4.56. The van der Waals surface area contributed by atoms with Crippen molar-refractivity contribution in [2.45, 2.75) is 32.6 Å². The van der Waals surface area contributed by atoms with E-state index in [1.54, 1.807) is 5.57 Å². The Morgan fingerprint density at radius 1 is 1.62 bits per heavy atom. The van der Waals surface area contributed by atoms with Crippen LogP contribution in [0.1, 0.15) is 32.6 Å².